The van der Waals surface area contributed by atoms with Gasteiger partial charge in [0.2, 0.25) is 0 Å². The second-order valence-electron chi connectivity index (χ2n) is 7.29. The molecule has 28 heavy (non-hydrogen) atoms. The summed E-state index contributed by atoms with van der Waals surface area (Å²) >= 11 is 0. The van der Waals surface area contributed by atoms with Crippen LogP contribution in [0.2, 0.25) is 0 Å². The molecule has 0 unspecified atom stereocenters. The zero-order valence-electron chi connectivity index (χ0n) is 16.7. The smallest absolute Gasteiger partial charge is 0.198 e. The first kappa shape index (κ1) is 19.9. The molecule has 1 aromatic heterocycles. The number of aromatic nitrogens is 2. The van der Waals surface area contributed by atoms with Crippen LogP contribution in [0, 0.1) is 0 Å². The maximum atomic E-state index is 13.2. The van der Waals surface area contributed by atoms with Crippen LogP contribution in [-0.4, -0.2) is 74.4 Å². The van der Waals surface area contributed by atoms with Crippen LogP contribution in [0.15, 0.2) is 44.1 Å². The van der Waals surface area contributed by atoms with E-state index in [1.807, 2.05) is 38.0 Å². The summed E-state index contributed by atoms with van der Waals surface area (Å²) in [4.78, 5) is 39.6. The number of likely N-dealkylation sites (N-methyl/N-ethyl adjacent to an activating group) is 2. The molecule has 148 valence electrons. The van der Waals surface area contributed by atoms with Crippen LogP contribution >= 0.6 is 0 Å². The van der Waals surface area contributed by atoms with Crippen LogP contribution < -0.4 is 21.6 Å². The molecule has 1 heterocycles. The average molecular weight is 382 g/mol. The van der Waals surface area contributed by atoms with Crippen molar-refractivity contribution in [1.29, 1.82) is 0 Å². The van der Waals surface area contributed by atoms with Gasteiger partial charge in [0, 0.05) is 25.5 Å². The van der Waals surface area contributed by atoms with Crippen molar-refractivity contribution in [3.63, 3.8) is 0 Å². The summed E-state index contributed by atoms with van der Waals surface area (Å²) in [5, 5.41) is 8.04. The highest BCUT2D eigenvalue weighted by molar-refractivity contribution is 5.96. The SMILES string of the molecule is CN(C)CCN=c1ccc(=NCCN(C)C)c2c(=O)c3c[nH][nH]cc3c(=O)c12. The number of rotatable bonds is 6. The van der Waals surface area contributed by atoms with E-state index < -0.39 is 0 Å². The summed E-state index contributed by atoms with van der Waals surface area (Å²) in [6, 6.07) is 3.58. The average Bonchev–Trinajstić information content (AvgIpc) is 2.66. The van der Waals surface area contributed by atoms with E-state index in [-0.39, 0.29) is 10.9 Å². The normalized spacial score (nSPS) is 13.5. The molecule has 8 nitrogen and oxygen atoms in total. The quantitative estimate of drug-likeness (QED) is 0.574. The van der Waals surface area contributed by atoms with Gasteiger partial charge in [-0.05, 0) is 40.3 Å². The van der Waals surface area contributed by atoms with Crippen molar-refractivity contribution in [2.75, 3.05) is 54.4 Å². The third kappa shape index (κ3) is 4.02. The zero-order valence-corrected chi connectivity index (χ0v) is 16.7. The van der Waals surface area contributed by atoms with Crippen LogP contribution in [0.25, 0.3) is 21.5 Å². The highest BCUT2D eigenvalue weighted by Gasteiger charge is 2.14. The van der Waals surface area contributed by atoms with Crippen molar-refractivity contribution in [3.05, 3.63) is 55.7 Å². The minimum absolute atomic E-state index is 0.205. The molecular formula is C20H26N6O2. The van der Waals surface area contributed by atoms with Crippen molar-refractivity contribution in [2.45, 2.75) is 0 Å². The second-order valence-corrected chi connectivity index (χ2v) is 7.29. The number of fused-ring (bicyclic) bond motifs is 2. The summed E-state index contributed by atoms with van der Waals surface area (Å²) in [6.45, 7) is 2.59. The van der Waals surface area contributed by atoms with E-state index in [4.69, 9.17) is 0 Å². The molecule has 2 aromatic carbocycles. The van der Waals surface area contributed by atoms with E-state index in [9.17, 15) is 9.59 Å². The molecule has 3 rings (SSSR count). The molecule has 3 aromatic rings. The summed E-state index contributed by atoms with van der Waals surface area (Å²) in [7, 11) is 7.87. The van der Waals surface area contributed by atoms with Crippen molar-refractivity contribution in [1.82, 2.24) is 20.0 Å². The van der Waals surface area contributed by atoms with Gasteiger partial charge >= 0.3 is 0 Å². The van der Waals surface area contributed by atoms with Gasteiger partial charge in [-0.3, -0.25) is 19.6 Å². The lowest BCUT2D eigenvalue weighted by Gasteiger charge is -2.07. The van der Waals surface area contributed by atoms with Crippen molar-refractivity contribution in [3.8, 4) is 0 Å². The van der Waals surface area contributed by atoms with E-state index in [1.54, 1.807) is 12.1 Å². The Bertz CT molecular complexity index is 1130. The number of hydrogen-bond acceptors (Lipinski definition) is 6. The first-order chi connectivity index (χ1) is 13.4. The molecule has 0 amide bonds. The van der Waals surface area contributed by atoms with Gasteiger partial charge in [0.25, 0.3) is 0 Å². The van der Waals surface area contributed by atoms with Gasteiger partial charge in [0.05, 0.1) is 45.3 Å². The number of nitrogens with one attached hydrogen (secondary N) is 2. The highest BCUT2D eigenvalue weighted by Crippen LogP contribution is 2.05. The third-order valence-electron chi connectivity index (χ3n) is 4.57. The lowest BCUT2D eigenvalue weighted by molar-refractivity contribution is 0.419. The van der Waals surface area contributed by atoms with E-state index in [0.29, 0.717) is 45.3 Å². The van der Waals surface area contributed by atoms with Crippen molar-refractivity contribution < 1.29 is 0 Å². The molecule has 0 aliphatic carbocycles. The Balaban J connectivity index is 2.36. The van der Waals surface area contributed by atoms with E-state index in [2.05, 4.69) is 20.2 Å². The Hall–Kier alpha value is -2.84. The molecule has 0 bridgehead atoms. The molecule has 0 aliphatic rings. The number of hydrogen-bond donors (Lipinski definition) is 2. The Morgan fingerprint density at radius 2 is 1.14 bits per heavy atom. The van der Waals surface area contributed by atoms with Crippen molar-refractivity contribution in [2.24, 2.45) is 9.98 Å². The van der Waals surface area contributed by atoms with Gasteiger partial charge < -0.3 is 20.0 Å². The lowest BCUT2D eigenvalue weighted by atomic mass is 10.0. The lowest BCUT2D eigenvalue weighted by Crippen LogP contribution is -2.28. The Labute approximate surface area is 162 Å². The van der Waals surface area contributed by atoms with Crippen LogP contribution in [0.4, 0.5) is 0 Å². The number of benzene rings is 2. The fourth-order valence-corrected chi connectivity index (χ4v) is 3.07. The molecule has 0 spiro atoms. The molecule has 0 fully saturated rings. The first-order valence-electron chi connectivity index (χ1n) is 9.22. The van der Waals surface area contributed by atoms with Gasteiger partial charge in [-0.15, -0.1) is 0 Å². The topological polar surface area (TPSA) is 96.9 Å². The van der Waals surface area contributed by atoms with E-state index in [1.165, 1.54) is 12.4 Å². The first-order valence-corrected chi connectivity index (χ1v) is 9.22. The fraction of sp³-hybridized carbons (Fsp3) is 0.400. The number of nitrogens with zero attached hydrogens (tertiary/aromatic N) is 4. The van der Waals surface area contributed by atoms with Gasteiger partial charge in [0.15, 0.2) is 10.9 Å². The van der Waals surface area contributed by atoms with Gasteiger partial charge in [-0.1, -0.05) is 0 Å². The molecule has 2 N–H and O–H groups in total. The maximum absolute atomic E-state index is 13.2. The highest BCUT2D eigenvalue weighted by atomic mass is 16.1. The largest absolute Gasteiger partial charge is 0.308 e. The summed E-state index contributed by atoms with van der Waals surface area (Å²) in [5.41, 5.74) is -0.411. The monoisotopic (exact) mass is 382 g/mol. The predicted octanol–water partition coefficient (Wildman–Crippen LogP) is -0.268. The molecule has 0 saturated heterocycles. The minimum Gasteiger partial charge on any atom is -0.308 e. The Morgan fingerprint density at radius 1 is 0.750 bits per heavy atom. The van der Waals surface area contributed by atoms with E-state index in [0.717, 1.165) is 13.1 Å². The Kier molecular flexibility index (Phi) is 6.01. The molecule has 0 saturated carbocycles. The third-order valence-corrected chi connectivity index (χ3v) is 4.57. The number of H-pyrrole nitrogens is 2. The summed E-state index contributed by atoms with van der Waals surface area (Å²) < 4.78 is 0. The molecule has 8 heteroatoms. The summed E-state index contributed by atoms with van der Waals surface area (Å²) in [6.07, 6.45) is 3.05. The van der Waals surface area contributed by atoms with Crippen LogP contribution in [0.5, 0.6) is 0 Å². The van der Waals surface area contributed by atoms with Gasteiger partial charge in [-0.25, -0.2) is 0 Å². The van der Waals surface area contributed by atoms with Gasteiger partial charge in [-0.2, -0.15) is 0 Å². The minimum atomic E-state index is -0.205. The van der Waals surface area contributed by atoms with Crippen LogP contribution in [0.3, 0.4) is 0 Å². The van der Waals surface area contributed by atoms with Crippen molar-refractivity contribution >= 4 is 21.5 Å². The van der Waals surface area contributed by atoms with Crippen LogP contribution in [-0.2, 0) is 0 Å². The standard InChI is InChI=1S/C20H26N6O2/c1-25(2)9-7-21-15-5-6-16(22-8-10-26(3)4)18-17(15)19(27)13-11-23-24-12-14(13)20(18)28/h5-6,11-12,23-24H,7-10H2,1-4H3. The molecule has 0 aliphatic heterocycles. The molecule has 0 radical (unpaired) electrons. The maximum Gasteiger partial charge on any atom is 0.198 e. The Morgan fingerprint density at radius 3 is 1.50 bits per heavy atom. The predicted molar refractivity (Wildman–Crippen MR) is 112 cm³/mol. The molecular weight excluding hydrogens is 356 g/mol. The van der Waals surface area contributed by atoms with Gasteiger partial charge in [0.1, 0.15) is 0 Å². The summed E-state index contributed by atoms with van der Waals surface area (Å²) in [5.74, 6) is 0. The number of aromatic amines is 2. The molecule has 0 atom stereocenters. The van der Waals surface area contributed by atoms with E-state index >= 15 is 0 Å². The zero-order chi connectivity index (χ0) is 20.3. The second kappa shape index (κ2) is 8.45. The fourth-order valence-electron chi connectivity index (χ4n) is 3.07. The van der Waals surface area contributed by atoms with Crippen LogP contribution in [0.1, 0.15) is 0 Å².